The summed E-state index contributed by atoms with van der Waals surface area (Å²) in [6, 6.07) is 17.6. The zero-order valence-corrected chi connectivity index (χ0v) is 16.6. The Morgan fingerprint density at radius 3 is 2.22 bits per heavy atom. The van der Waals surface area contributed by atoms with Crippen LogP contribution in [0.25, 0.3) is 0 Å². The lowest BCUT2D eigenvalue weighted by atomic mass is 9.92. The molecule has 0 radical (unpaired) electrons. The Hall–Kier alpha value is -2.23. The van der Waals surface area contributed by atoms with Crippen LogP contribution in [0.5, 0.6) is 0 Å². The van der Waals surface area contributed by atoms with Crippen molar-refractivity contribution in [2.45, 2.75) is 25.7 Å². The number of amides is 1. The molecular formula is C22H22Cl2N2O. The van der Waals surface area contributed by atoms with E-state index in [1.807, 2.05) is 67.7 Å². The third-order valence-electron chi connectivity index (χ3n) is 4.69. The van der Waals surface area contributed by atoms with Crippen molar-refractivity contribution in [3.05, 3.63) is 93.2 Å². The standard InChI is InChI=1S/C22H22Cl2N2O/c1-15-10-11-25-21(15)13-22(27)26-14-18(17-4-8-20(24)9-5-17)12-16-2-6-19(23)7-3-16/h2-11,18,25H,12-14H2,1H3,(H,26,27)/t18-/m0/s1. The summed E-state index contributed by atoms with van der Waals surface area (Å²) in [6.07, 6.45) is 3.02. The molecule has 1 heterocycles. The number of H-pyrrole nitrogens is 1. The molecule has 0 aliphatic rings. The minimum absolute atomic E-state index is 0.00983. The molecular weight excluding hydrogens is 379 g/mol. The van der Waals surface area contributed by atoms with Crippen molar-refractivity contribution in [2.75, 3.05) is 6.54 Å². The van der Waals surface area contributed by atoms with Gasteiger partial charge in [0.25, 0.3) is 0 Å². The number of carbonyl (C=O) groups excluding carboxylic acids is 1. The van der Waals surface area contributed by atoms with Crippen molar-refractivity contribution in [1.29, 1.82) is 0 Å². The highest BCUT2D eigenvalue weighted by Gasteiger charge is 2.15. The van der Waals surface area contributed by atoms with Gasteiger partial charge in [-0.1, -0.05) is 47.5 Å². The number of nitrogens with one attached hydrogen (secondary N) is 2. The Balaban J connectivity index is 1.69. The molecule has 1 atom stereocenters. The summed E-state index contributed by atoms with van der Waals surface area (Å²) in [4.78, 5) is 15.5. The van der Waals surface area contributed by atoms with Crippen LogP contribution in [0.3, 0.4) is 0 Å². The second-order valence-electron chi connectivity index (χ2n) is 6.70. The van der Waals surface area contributed by atoms with Gasteiger partial charge in [-0.3, -0.25) is 4.79 Å². The quantitative estimate of drug-likeness (QED) is 0.553. The molecule has 0 aliphatic heterocycles. The zero-order valence-electron chi connectivity index (χ0n) is 15.1. The first kappa shape index (κ1) is 19.5. The van der Waals surface area contributed by atoms with Gasteiger partial charge >= 0.3 is 0 Å². The number of benzene rings is 2. The van der Waals surface area contributed by atoms with Gasteiger partial charge in [0, 0.05) is 34.4 Å². The summed E-state index contributed by atoms with van der Waals surface area (Å²) in [5, 5.41) is 4.50. The first-order valence-electron chi connectivity index (χ1n) is 8.90. The van der Waals surface area contributed by atoms with Gasteiger partial charge in [0.15, 0.2) is 0 Å². The summed E-state index contributed by atoms with van der Waals surface area (Å²) < 4.78 is 0. The number of carbonyl (C=O) groups is 1. The highest BCUT2D eigenvalue weighted by atomic mass is 35.5. The van der Waals surface area contributed by atoms with Crippen molar-refractivity contribution in [1.82, 2.24) is 10.3 Å². The Morgan fingerprint density at radius 2 is 1.63 bits per heavy atom. The molecule has 5 heteroatoms. The van der Waals surface area contributed by atoms with Crippen molar-refractivity contribution in [2.24, 2.45) is 0 Å². The van der Waals surface area contributed by atoms with Gasteiger partial charge in [0.2, 0.25) is 5.91 Å². The second-order valence-corrected chi connectivity index (χ2v) is 7.57. The fourth-order valence-corrected chi connectivity index (χ4v) is 3.33. The molecule has 3 nitrogen and oxygen atoms in total. The van der Waals surface area contributed by atoms with Crippen LogP contribution in [-0.2, 0) is 17.6 Å². The lowest BCUT2D eigenvalue weighted by Crippen LogP contribution is -2.30. The van der Waals surface area contributed by atoms with E-state index in [4.69, 9.17) is 23.2 Å². The lowest BCUT2D eigenvalue weighted by molar-refractivity contribution is -0.120. The summed E-state index contributed by atoms with van der Waals surface area (Å²) >= 11 is 12.0. The summed E-state index contributed by atoms with van der Waals surface area (Å²) in [5.74, 6) is 0.160. The molecule has 0 unspecified atom stereocenters. The Labute approximate surface area is 169 Å². The average Bonchev–Trinajstić information content (AvgIpc) is 3.05. The van der Waals surface area contributed by atoms with E-state index >= 15 is 0 Å². The number of hydrogen-bond donors (Lipinski definition) is 2. The number of hydrogen-bond acceptors (Lipinski definition) is 1. The van der Waals surface area contributed by atoms with Gasteiger partial charge in [0.1, 0.15) is 0 Å². The fraction of sp³-hybridized carbons (Fsp3) is 0.227. The highest BCUT2D eigenvalue weighted by molar-refractivity contribution is 6.30. The normalized spacial score (nSPS) is 12.0. The Kier molecular flexibility index (Phi) is 6.59. The summed E-state index contributed by atoms with van der Waals surface area (Å²) in [7, 11) is 0. The first-order valence-corrected chi connectivity index (χ1v) is 9.66. The van der Waals surface area contributed by atoms with Gasteiger partial charge in [-0.25, -0.2) is 0 Å². The van der Waals surface area contributed by atoms with E-state index in [1.165, 1.54) is 5.56 Å². The third-order valence-corrected chi connectivity index (χ3v) is 5.19. The number of aryl methyl sites for hydroxylation is 1. The van der Waals surface area contributed by atoms with E-state index in [2.05, 4.69) is 10.3 Å². The van der Waals surface area contributed by atoms with Crippen LogP contribution in [0.4, 0.5) is 0 Å². The van der Waals surface area contributed by atoms with Gasteiger partial charge in [0.05, 0.1) is 6.42 Å². The monoisotopic (exact) mass is 400 g/mol. The first-order chi connectivity index (χ1) is 13.0. The minimum Gasteiger partial charge on any atom is -0.364 e. The van der Waals surface area contributed by atoms with E-state index in [9.17, 15) is 4.79 Å². The summed E-state index contributed by atoms with van der Waals surface area (Å²) in [6.45, 7) is 2.55. The zero-order chi connectivity index (χ0) is 19.2. The van der Waals surface area contributed by atoms with Gasteiger partial charge in [-0.15, -0.1) is 0 Å². The van der Waals surface area contributed by atoms with E-state index in [-0.39, 0.29) is 11.8 Å². The summed E-state index contributed by atoms with van der Waals surface area (Å²) in [5.41, 5.74) is 4.37. The predicted octanol–water partition coefficient (Wildman–Crippen LogP) is 5.32. The van der Waals surface area contributed by atoms with E-state index in [0.717, 1.165) is 28.3 Å². The maximum Gasteiger partial charge on any atom is 0.225 e. The molecule has 27 heavy (non-hydrogen) atoms. The number of halogens is 2. The van der Waals surface area contributed by atoms with Crippen LogP contribution in [0.2, 0.25) is 10.0 Å². The smallest absolute Gasteiger partial charge is 0.225 e. The molecule has 0 saturated carbocycles. The predicted molar refractivity (Wildman–Crippen MR) is 112 cm³/mol. The van der Waals surface area contributed by atoms with Crippen LogP contribution >= 0.6 is 23.2 Å². The van der Waals surface area contributed by atoms with E-state index in [0.29, 0.717) is 18.0 Å². The lowest BCUT2D eigenvalue weighted by Gasteiger charge is -2.19. The molecule has 0 saturated heterocycles. The SMILES string of the molecule is Cc1cc[nH]c1CC(=O)NC[C@H](Cc1ccc(Cl)cc1)c1ccc(Cl)cc1. The maximum atomic E-state index is 12.4. The molecule has 2 N–H and O–H groups in total. The highest BCUT2D eigenvalue weighted by Crippen LogP contribution is 2.23. The third kappa shape index (κ3) is 5.62. The number of aromatic nitrogens is 1. The topological polar surface area (TPSA) is 44.9 Å². The molecule has 0 fully saturated rings. The average molecular weight is 401 g/mol. The maximum absolute atomic E-state index is 12.4. The van der Waals surface area contributed by atoms with E-state index in [1.54, 1.807) is 0 Å². The molecule has 0 bridgehead atoms. The van der Waals surface area contributed by atoms with Gasteiger partial charge < -0.3 is 10.3 Å². The number of aromatic amines is 1. The fourth-order valence-electron chi connectivity index (χ4n) is 3.08. The van der Waals surface area contributed by atoms with Crippen molar-refractivity contribution in [3.63, 3.8) is 0 Å². The molecule has 3 aromatic rings. The van der Waals surface area contributed by atoms with Gasteiger partial charge in [-0.05, 0) is 60.4 Å². The number of rotatable bonds is 7. The van der Waals surface area contributed by atoms with Crippen molar-refractivity contribution >= 4 is 29.1 Å². The molecule has 140 valence electrons. The van der Waals surface area contributed by atoms with Crippen molar-refractivity contribution < 1.29 is 4.79 Å². The van der Waals surface area contributed by atoms with E-state index < -0.39 is 0 Å². The van der Waals surface area contributed by atoms with Crippen LogP contribution in [-0.4, -0.2) is 17.4 Å². The van der Waals surface area contributed by atoms with Crippen LogP contribution in [0.1, 0.15) is 28.3 Å². The van der Waals surface area contributed by atoms with Gasteiger partial charge in [-0.2, -0.15) is 0 Å². The largest absolute Gasteiger partial charge is 0.364 e. The Morgan fingerprint density at radius 1 is 1.00 bits per heavy atom. The molecule has 1 aromatic heterocycles. The molecule has 3 rings (SSSR count). The second kappa shape index (κ2) is 9.12. The molecule has 0 spiro atoms. The van der Waals surface area contributed by atoms with Crippen LogP contribution in [0.15, 0.2) is 60.8 Å². The minimum atomic E-state index is 0.00983. The molecule has 0 aliphatic carbocycles. The molecule has 2 aromatic carbocycles. The van der Waals surface area contributed by atoms with Crippen LogP contribution in [0, 0.1) is 6.92 Å². The Bertz CT molecular complexity index is 885. The molecule has 1 amide bonds. The van der Waals surface area contributed by atoms with Crippen LogP contribution < -0.4 is 5.32 Å². The van der Waals surface area contributed by atoms with Crippen molar-refractivity contribution in [3.8, 4) is 0 Å².